The Labute approximate surface area is 153 Å². The number of carbonyl (C=O) groups excluding carboxylic acids is 1. The number of piperazine rings is 1. The van der Waals surface area contributed by atoms with Crippen LogP contribution in [0.5, 0.6) is 5.75 Å². The zero-order valence-corrected chi connectivity index (χ0v) is 15.1. The van der Waals surface area contributed by atoms with Crippen LogP contribution in [0.3, 0.4) is 0 Å². The van der Waals surface area contributed by atoms with Gasteiger partial charge in [0.15, 0.2) is 6.54 Å². The molecule has 0 aromatic heterocycles. The second-order valence-electron chi connectivity index (χ2n) is 6.17. The summed E-state index contributed by atoms with van der Waals surface area (Å²) < 4.78 is 5.18. The Kier molecular flexibility index (Phi) is 5.79. The van der Waals surface area contributed by atoms with Crippen LogP contribution in [0.4, 0.5) is 11.4 Å². The number of anilines is 2. The molecular weight excluding hydrogens is 338 g/mol. The molecule has 1 amide bonds. The Morgan fingerprint density at radius 3 is 2.60 bits per heavy atom. The first kappa shape index (κ1) is 17.6. The van der Waals surface area contributed by atoms with Crippen LogP contribution in [0.1, 0.15) is 0 Å². The topological polar surface area (TPSA) is 46.0 Å². The zero-order chi connectivity index (χ0) is 17.6. The highest BCUT2D eigenvalue weighted by Crippen LogP contribution is 2.18. The number of rotatable bonds is 5. The van der Waals surface area contributed by atoms with Crippen molar-refractivity contribution >= 4 is 28.9 Å². The van der Waals surface area contributed by atoms with E-state index in [0.29, 0.717) is 6.54 Å². The minimum atomic E-state index is 0.0307. The second-order valence-corrected chi connectivity index (χ2v) is 6.61. The van der Waals surface area contributed by atoms with Gasteiger partial charge < -0.3 is 19.9 Å². The van der Waals surface area contributed by atoms with Gasteiger partial charge in [0.1, 0.15) is 5.75 Å². The molecular formula is C19H23ClN3O2+. The van der Waals surface area contributed by atoms with Gasteiger partial charge >= 0.3 is 0 Å². The Hall–Kier alpha value is -2.24. The number of quaternary nitrogens is 1. The third-order valence-corrected chi connectivity index (χ3v) is 4.68. The van der Waals surface area contributed by atoms with E-state index in [2.05, 4.69) is 10.2 Å². The van der Waals surface area contributed by atoms with Crippen LogP contribution in [0.2, 0.25) is 5.02 Å². The number of nitrogens with one attached hydrogen (secondary N) is 2. The summed E-state index contributed by atoms with van der Waals surface area (Å²) in [5, 5.41) is 3.70. The van der Waals surface area contributed by atoms with Crippen molar-refractivity contribution in [2.75, 3.05) is 50.1 Å². The maximum absolute atomic E-state index is 12.3. The average molecular weight is 361 g/mol. The molecule has 0 saturated carbocycles. The quantitative estimate of drug-likeness (QED) is 0.853. The number of hydrogen-bond acceptors (Lipinski definition) is 3. The lowest BCUT2D eigenvalue weighted by Crippen LogP contribution is -3.15. The number of carbonyl (C=O) groups is 1. The molecule has 2 aromatic rings. The van der Waals surface area contributed by atoms with Gasteiger partial charge in [-0.15, -0.1) is 0 Å². The average Bonchev–Trinajstić information content (AvgIpc) is 2.63. The van der Waals surface area contributed by atoms with Gasteiger partial charge in [0.25, 0.3) is 5.91 Å². The number of ether oxygens (including phenoxy) is 1. The fraction of sp³-hybridized carbons (Fsp3) is 0.316. The van der Waals surface area contributed by atoms with Gasteiger partial charge in [0, 0.05) is 22.5 Å². The van der Waals surface area contributed by atoms with E-state index in [9.17, 15) is 4.79 Å². The Morgan fingerprint density at radius 1 is 1.20 bits per heavy atom. The molecule has 2 aromatic carbocycles. The molecule has 25 heavy (non-hydrogen) atoms. The predicted octanol–water partition coefficient (Wildman–Crippen LogP) is 1.69. The molecule has 3 rings (SSSR count). The van der Waals surface area contributed by atoms with Crippen molar-refractivity contribution in [3.8, 4) is 5.75 Å². The maximum atomic E-state index is 12.3. The number of hydrogen-bond donors (Lipinski definition) is 2. The molecule has 0 bridgehead atoms. The molecule has 0 atom stereocenters. The molecule has 132 valence electrons. The number of methoxy groups -OCH3 is 1. The van der Waals surface area contributed by atoms with Crippen molar-refractivity contribution in [2.45, 2.75) is 0 Å². The van der Waals surface area contributed by atoms with Gasteiger partial charge in [0.05, 0.1) is 33.3 Å². The molecule has 1 aliphatic heterocycles. The van der Waals surface area contributed by atoms with Crippen LogP contribution in [-0.2, 0) is 4.79 Å². The van der Waals surface area contributed by atoms with Crippen LogP contribution in [0, 0.1) is 0 Å². The smallest absolute Gasteiger partial charge is 0.279 e. The van der Waals surface area contributed by atoms with Crippen molar-refractivity contribution < 1.29 is 14.4 Å². The highest BCUT2D eigenvalue weighted by atomic mass is 35.5. The Bertz CT molecular complexity index is 713. The van der Waals surface area contributed by atoms with Crippen LogP contribution in [0.15, 0.2) is 48.5 Å². The molecule has 1 saturated heterocycles. The lowest BCUT2D eigenvalue weighted by molar-refractivity contribution is -0.892. The highest BCUT2D eigenvalue weighted by molar-refractivity contribution is 6.30. The number of benzene rings is 2. The van der Waals surface area contributed by atoms with E-state index in [0.717, 1.165) is 42.6 Å². The van der Waals surface area contributed by atoms with Crippen LogP contribution >= 0.6 is 11.6 Å². The summed E-state index contributed by atoms with van der Waals surface area (Å²) in [6.07, 6.45) is 0. The number of halogens is 1. The minimum absolute atomic E-state index is 0.0307. The Morgan fingerprint density at radius 2 is 1.92 bits per heavy atom. The summed E-state index contributed by atoms with van der Waals surface area (Å²) in [5.74, 6) is 0.768. The predicted molar refractivity (Wildman–Crippen MR) is 101 cm³/mol. The molecule has 0 unspecified atom stereocenters. The zero-order valence-electron chi connectivity index (χ0n) is 14.3. The molecule has 6 heteroatoms. The highest BCUT2D eigenvalue weighted by Gasteiger charge is 2.22. The van der Waals surface area contributed by atoms with Crippen LogP contribution in [0.25, 0.3) is 0 Å². The molecule has 0 aliphatic carbocycles. The first-order valence-electron chi connectivity index (χ1n) is 8.42. The van der Waals surface area contributed by atoms with Crippen molar-refractivity contribution in [1.82, 2.24) is 0 Å². The van der Waals surface area contributed by atoms with Gasteiger partial charge in [-0.25, -0.2) is 0 Å². The van der Waals surface area contributed by atoms with Crippen molar-refractivity contribution in [3.05, 3.63) is 53.6 Å². The van der Waals surface area contributed by atoms with Gasteiger partial charge in [-0.3, -0.25) is 4.79 Å². The summed E-state index contributed by atoms with van der Waals surface area (Å²) in [6.45, 7) is 4.22. The summed E-state index contributed by atoms with van der Waals surface area (Å²) in [6, 6.07) is 15.3. The van der Waals surface area contributed by atoms with E-state index < -0.39 is 0 Å². The fourth-order valence-corrected chi connectivity index (χ4v) is 3.17. The van der Waals surface area contributed by atoms with Crippen LogP contribution in [-0.4, -0.2) is 45.7 Å². The summed E-state index contributed by atoms with van der Waals surface area (Å²) >= 11 is 5.94. The van der Waals surface area contributed by atoms with Crippen molar-refractivity contribution in [3.63, 3.8) is 0 Å². The fourth-order valence-electron chi connectivity index (χ4n) is 3.04. The monoisotopic (exact) mass is 360 g/mol. The molecule has 0 spiro atoms. The van der Waals surface area contributed by atoms with E-state index in [1.165, 1.54) is 10.6 Å². The first-order valence-corrected chi connectivity index (χ1v) is 8.80. The second kappa shape index (κ2) is 8.23. The minimum Gasteiger partial charge on any atom is -0.497 e. The summed E-state index contributed by atoms with van der Waals surface area (Å²) in [5.41, 5.74) is 1.95. The molecule has 5 nitrogen and oxygen atoms in total. The number of amides is 1. The van der Waals surface area contributed by atoms with E-state index in [4.69, 9.17) is 16.3 Å². The maximum Gasteiger partial charge on any atom is 0.279 e. The van der Waals surface area contributed by atoms with E-state index in [-0.39, 0.29) is 5.91 Å². The first-order chi connectivity index (χ1) is 12.1. The van der Waals surface area contributed by atoms with Gasteiger partial charge in [-0.05, 0) is 36.4 Å². The lowest BCUT2D eigenvalue weighted by Gasteiger charge is -2.33. The summed E-state index contributed by atoms with van der Waals surface area (Å²) in [4.78, 5) is 15.9. The standard InChI is InChI=1S/C19H22ClN3O2/c1-25-18-4-2-3-16(13-18)21-19(24)14-22-9-11-23(12-10-22)17-7-5-15(20)6-8-17/h2-8,13H,9-12,14H2,1H3,(H,21,24)/p+1. The van der Waals surface area contributed by atoms with Crippen molar-refractivity contribution in [1.29, 1.82) is 0 Å². The van der Waals surface area contributed by atoms with Crippen LogP contribution < -0.4 is 19.9 Å². The molecule has 0 radical (unpaired) electrons. The summed E-state index contributed by atoms with van der Waals surface area (Å²) in [7, 11) is 1.62. The molecule has 1 fully saturated rings. The van der Waals surface area contributed by atoms with E-state index in [1.54, 1.807) is 7.11 Å². The normalized spacial score (nSPS) is 15.0. The lowest BCUT2D eigenvalue weighted by atomic mass is 10.2. The largest absolute Gasteiger partial charge is 0.497 e. The molecule has 1 heterocycles. The van der Waals surface area contributed by atoms with E-state index >= 15 is 0 Å². The van der Waals surface area contributed by atoms with Crippen molar-refractivity contribution in [2.24, 2.45) is 0 Å². The van der Waals surface area contributed by atoms with Gasteiger partial charge in [-0.2, -0.15) is 0 Å². The van der Waals surface area contributed by atoms with E-state index in [1.807, 2.05) is 48.5 Å². The molecule has 2 N–H and O–H groups in total. The third-order valence-electron chi connectivity index (χ3n) is 4.43. The van der Waals surface area contributed by atoms with Gasteiger partial charge in [-0.1, -0.05) is 17.7 Å². The SMILES string of the molecule is COc1cccc(NC(=O)C[NH+]2CCN(c3ccc(Cl)cc3)CC2)c1. The Balaban J connectivity index is 1.48. The third kappa shape index (κ3) is 4.87. The van der Waals surface area contributed by atoms with Gasteiger partial charge in [0.2, 0.25) is 0 Å². The number of nitrogens with zero attached hydrogens (tertiary/aromatic N) is 1. The molecule has 1 aliphatic rings.